The van der Waals surface area contributed by atoms with Crippen LogP contribution in [-0.4, -0.2) is 23.1 Å². The van der Waals surface area contributed by atoms with Gasteiger partial charge in [-0.1, -0.05) is 13.8 Å². The van der Waals surface area contributed by atoms with Gasteiger partial charge in [-0.3, -0.25) is 0 Å². The largest absolute Gasteiger partial charge is 0.370 e. The second-order valence-corrected chi connectivity index (χ2v) is 5.03. The number of rotatable bonds is 7. The quantitative estimate of drug-likeness (QED) is 0.777. The van der Waals surface area contributed by atoms with Gasteiger partial charge in [0.25, 0.3) is 0 Å². The second kappa shape index (κ2) is 6.03. The third kappa shape index (κ3) is 3.12. The average Bonchev–Trinajstić information content (AvgIpc) is 3.20. The van der Waals surface area contributed by atoms with Gasteiger partial charge in [-0.05, 0) is 32.6 Å². The minimum atomic E-state index is 0.593. The summed E-state index contributed by atoms with van der Waals surface area (Å²) in [6.07, 6.45) is 4.70. The molecular weight excluding hydrogens is 224 g/mol. The van der Waals surface area contributed by atoms with Crippen LogP contribution in [0.1, 0.15) is 56.8 Å². The van der Waals surface area contributed by atoms with E-state index in [1.165, 1.54) is 12.8 Å². The van der Waals surface area contributed by atoms with E-state index in [-0.39, 0.29) is 0 Å². The molecule has 4 heteroatoms. The molecule has 1 aromatic heterocycles. The summed E-state index contributed by atoms with van der Waals surface area (Å²) in [6, 6.07) is 0. The fourth-order valence-corrected chi connectivity index (χ4v) is 1.89. The maximum absolute atomic E-state index is 4.68. The summed E-state index contributed by atoms with van der Waals surface area (Å²) in [7, 11) is 0. The minimum absolute atomic E-state index is 0.593. The molecule has 0 amide bonds. The van der Waals surface area contributed by atoms with E-state index in [1.807, 2.05) is 0 Å². The molecule has 0 unspecified atom stereocenters. The van der Waals surface area contributed by atoms with Gasteiger partial charge in [0.1, 0.15) is 17.5 Å². The number of aromatic nitrogens is 2. The summed E-state index contributed by atoms with van der Waals surface area (Å²) >= 11 is 0. The summed E-state index contributed by atoms with van der Waals surface area (Å²) in [5, 5.41) is 6.82. The standard InChI is InChI=1S/C14H24N4/c1-4-8-15-12-10(3)13(16-9-5-2)18-14(17-12)11-6-7-11/h11H,4-9H2,1-3H3,(H2,15,16,17,18). The highest BCUT2D eigenvalue weighted by atomic mass is 15.1. The SMILES string of the molecule is CCCNc1nc(C2CC2)nc(NCCC)c1C. The Bertz CT molecular complexity index is 370. The van der Waals surface area contributed by atoms with Crippen molar-refractivity contribution in [2.75, 3.05) is 23.7 Å². The van der Waals surface area contributed by atoms with Gasteiger partial charge in [0, 0.05) is 24.6 Å². The van der Waals surface area contributed by atoms with Gasteiger partial charge in [0.2, 0.25) is 0 Å². The van der Waals surface area contributed by atoms with Gasteiger partial charge < -0.3 is 10.6 Å². The predicted molar refractivity (Wildman–Crippen MR) is 76.3 cm³/mol. The van der Waals surface area contributed by atoms with Crippen molar-refractivity contribution in [1.29, 1.82) is 0 Å². The van der Waals surface area contributed by atoms with Gasteiger partial charge in [-0.25, -0.2) is 9.97 Å². The summed E-state index contributed by atoms with van der Waals surface area (Å²) in [6.45, 7) is 8.36. The van der Waals surface area contributed by atoms with E-state index in [0.717, 1.165) is 49.0 Å². The maximum atomic E-state index is 4.68. The van der Waals surface area contributed by atoms with Crippen molar-refractivity contribution in [2.45, 2.75) is 52.4 Å². The molecule has 0 atom stereocenters. The van der Waals surface area contributed by atoms with Gasteiger partial charge in [0.05, 0.1) is 0 Å². The van der Waals surface area contributed by atoms with Gasteiger partial charge >= 0.3 is 0 Å². The van der Waals surface area contributed by atoms with E-state index in [2.05, 4.69) is 41.4 Å². The Kier molecular flexibility index (Phi) is 4.39. The topological polar surface area (TPSA) is 49.8 Å². The number of hydrogen-bond acceptors (Lipinski definition) is 4. The van der Waals surface area contributed by atoms with E-state index in [9.17, 15) is 0 Å². The smallest absolute Gasteiger partial charge is 0.136 e. The first kappa shape index (κ1) is 13.1. The fraction of sp³-hybridized carbons (Fsp3) is 0.714. The summed E-state index contributed by atoms with van der Waals surface area (Å²) < 4.78 is 0. The first-order chi connectivity index (χ1) is 8.76. The van der Waals surface area contributed by atoms with Crippen LogP contribution in [0, 0.1) is 6.92 Å². The van der Waals surface area contributed by atoms with Crippen molar-refractivity contribution in [1.82, 2.24) is 9.97 Å². The summed E-state index contributed by atoms with van der Waals surface area (Å²) in [5.41, 5.74) is 1.14. The molecule has 1 aliphatic carbocycles. The predicted octanol–water partition coefficient (Wildman–Crippen LogP) is 3.31. The molecule has 0 spiro atoms. The van der Waals surface area contributed by atoms with Gasteiger partial charge in [0.15, 0.2) is 0 Å². The maximum Gasteiger partial charge on any atom is 0.136 e. The molecule has 4 nitrogen and oxygen atoms in total. The zero-order chi connectivity index (χ0) is 13.0. The zero-order valence-corrected chi connectivity index (χ0v) is 11.7. The molecule has 2 rings (SSSR count). The van der Waals surface area contributed by atoms with Crippen LogP contribution in [0.2, 0.25) is 0 Å². The first-order valence-corrected chi connectivity index (χ1v) is 7.12. The first-order valence-electron chi connectivity index (χ1n) is 7.12. The normalized spacial score (nSPS) is 14.6. The van der Waals surface area contributed by atoms with Crippen LogP contribution >= 0.6 is 0 Å². The van der Waals surface area contributed by atoms with Crippen molar-refractivity contribution >= 4 is 11.6 Å². The van der Waals surface area contributed by atoms with Crippen molar-refractivity contribution < 1.29 is 0 Å². The van der Waals surface area contributed by atoms with E-state index in [1.54, 1.807) is 0 Å². The monoisotopic (exact) mass is 248 g/mol. The van der Waals surface area contributed by atoms with E-state index < -0.39 is 0 Å². The highest BCUT2D eigenvalue weighted by molar-refractivity contribution is 5.57. The second-order valence-electron chi connectivity index (χ2n) is 5.03. The van der Waals surface area contributed by atoms with Gasteiger partial charge in [-0.15, -0.1) is 0 Å². The summed E-state index contributed by atoms with van der Waals surface area (Å²) in [4.78, 5) is 9.36. The molecule has 1 fully saturated rings. The Balaban J connectivity index is 2.22. The lowest BCUT2D eigenvalue weighted by Crippen LogP contribution is -2.12. The van der Waals surface area contributed by atoms with Crippen LogP contribution in [0.5, 0.6) is 0 Å². The lowest BCUT2D eigenvalue weighted by molar-refractivity contribution is 0.887. The highest BCUT2D eigenvalue weighted by Crippen LogP contribution is 2.39. The number of anilines is 2. The highest BCUT2D eigenvalue weighted by Gasteiger charge is 2.28. The van der Waals surface area contributed by atoms with E-state index in [0.29, 0.717) is 5.92 Å². The molecule has 1 heterocycles. The number of nitrogens with zero attached hydrogens (tertiary/aromatic N) is 2. The molecule has 1 aliphatic rings. The number of nitrogens with one attached hydrogen (secondary N) is 2. The third-order valence-corrected chi connectivity index (χ3v) is 3.19. The summed E-state index contributed by atoms with van der Waals surface area (Å²) in [5.74, 6) is 3.62. The molecular formula is C14H24N4. The van der Waals surface area contributed by atoms with Crippen molar-refractivity contribution in [3.05, 3.63) is 11.4 Å². The Morgan fingerprint density at radius 1 is 1.00 bits per heavy atom. The Labute approximate surface area is 110 Å². The Morgan fingerprint density at radius 2 is 1.50 bits per heavy atom. The molecule has 100 valence electrons. The van der Waals surface area contributed by atoms with Crippen molar-refractivity contribution in [3.8, 4) is 0 Å². The molecule has 0 aromatic carbocycles. The number of hydrogen-bond donors (Lipinski definition) is 2. The van der Waals surface area contributed by atoms with Crippen molar-refractivity contribution in [3.63, 3.8) is 0 Å². The molecule has 1 saturated carbocycles. The third-order valence-electron chi connectivity index (χ3n) is 3.19. The van der Waals surface area contributed by atoms with Crippen LogP contribution in [0.15, 0.2) is 0 Å². The van der Waals surface area contributed by atoms with Crippen LogP contribution in [-0.2, 0) is 0 Å². The average molecular weight is 248 g/mol. The van der Waals surface area contributed by atoms with Crippen LogP contribution in [0.25, 0.3) is 0 Å². The Hall–Kier alpha value is -1.32. The molecule has 0 bridgehead atoms. The fourth-order valence-electron chi connectivity index (χ4n) is 1.89. The molecule has 0 saturated heterocycles. The molecule has 0 radical (unpaired) electrons. The Morgan fingerprint density at radius 3 is 1.89 bits per heavy atom. The zero-order valence-electron chi connectivity index (χ0n) is 11.7. The van der Waals surface area contributed by atoms with Crippen LogP contribution < -0.4 is 10.6 Å². The van der Waals surface area contributed by atoms with Crippen LogP contribution in [0.4, 0.5) is 11.6 Å². The molecule has 1 aromatic rings. The van der Waals surface area contributed by atoms with E-state index in [4.69, 9.17) is 0 Å². The van der Waals surface area contributed by atoms with E-state index >= 15 is 0 Å². The molecule has 2 N–H and O–H groups in total. The lowest BCUT2D eigenvalue weighted by Gasteiger charge is -2.14. The van der Waals surface area contributed by atoms with Crippen molar-refractivity contribution in [2.24, 2.45) is 0 Å². The molecule has 0 aliphatic heterocycles. The van der Waals surface area contributed by atoms with Crippen LogP contribution in [0.3, 0.4) is 0 Å². The lowest BCUT2D eigenvalue weighted by atomic mass is 10.2. The molecule has 18 heavy (non-hydrogen) atoms. The minimum Gasteiger partial charge on any atom is -0.370 e. The van der Waals surface area contributed by atoms with Gasteiger partial charge in [-0.2, -0.15) is 0 Å².